The van der Waals surface area contributed by atoms with E-state index < -0.39 is 29.8 Å². The van der Waals surface area contributed by atoms with Crippen LogP contribution in [-0.4, -0.2) is 97.9 Å². The van der Waals surface area contributed by atoms with Crippen LogP contribution in [-0.2, 0) is 16.1 Å². The van der Waals surface area contributed by atoms with Gasteiger partial charge in [-0.1, -0.05) is 42.1 Å². The average Bonchev–Trinajstić information content (AvgIpc) is 3.59. The molecular formula is C45H49Cl2FN8O6S. The van der Waals surface area contributed by atoms with Gasteiger partial charge in [-0.25, -0.2) is 4.39 Å². The Kier molecular flexibility index (Phi) is 14.5. The van der Waals surface area contributed by atoms with Gasteiger partial charge in [-0.3, -0.25) is 34.2 Å². The fourth-order valence-corrected chi connectivity index (χ4v) is 10.2. The number of hydrogen-bond donors (Lipinski definition) is 3. The smallest absolute Gasteiger partial charge is 0.276 e. The summed E-state index contributed by atoms with van der Waals surface area (Å²) >= 11 is 14.1. The number of unbranched alkanes of at least 4 members (excludes halogenated alkanes) is 3. The van der Waals surface area contributed by atoms with Crippen molar-refractivity contribution >= 4 is 76.0 Å². The summed E-state index contributed by atoms with van der Waals surface area (Å²) in [6, 6.07) is 16.0. The monoisotopic (exact) mass is 918 g/mol. The van der Waals surface area contributed by atoms with Gasteiger partial charge in [0, 0.05) is 76.5 Å². The van der Waals surface area contributed by atoms with E-state index in [0.29, 0.717) is 42.9 Å². The highest BCUT2D eigenvalue weighted by molar-refractivity contribution is 7.99. The summed E-state index contributed by atoms with van der Waals surface area (Å²) in [5, 5.41) is 12.9. The number of piperidine rings is 1. The number of rotatable bonds is 15. The molecule has 4 heterocycles. The van der Waals surface area contributed by atoms with E-state index in [1.807, 2.05) is 23.1 Å². The minimum absolute atomic E-state index is 0.0332. The first-order valence-electron chi connectivity index (χ1n) is 21.0. The molecule has 0 bridgehead atoms. The normalized spacial score (nSPS) is 19.5. The summed E-state index contributed by atoms with van der Waals surface area (Å²) in [4.78, 5) is 71.0. The molecule has 3 aliphatic heterocycles. The summed E-state index contributed by atoms with van der Waals surface area (Å²) in [5.74, 6) is -1.32. The molecule has 1 aromatic heterocycles. The van der Waals surface area contributed by atoms with Crippen molar-refractivity contribution in [2.45, 2.75) is 95.0 Å². The first kappa shape index (κ1) is 45.7. The van der Waals surface area contributed by atoms with Crippen LogP contribution < -0.4 is 21.1 Å². The third-order valence-electron chi connectivity index (χ3n) is 11.7. The molecule has 18 heteroatoms. The highest BCUT2D eigenvalue weighted by Gasteiger charge is 2.40. The summed E-state index contributed by atoms with van der Waals surface area (Å²) in [6.07, 6.45) is 3.98. The van der Waals surface area contributed by atoms with Crippen molar-refractivity contribution in [1.29, 1.82) is 0 Å². The molecule has 0 aliphatic carbocycles. The van der Waals surface area contributed by atoms with E-state index in [0.717, 1.165) is 54.5 Å². The van der Waals surface area contributed by atoms with Crippen molar-refractivity contribution in [3.05, 3.63) is 104 Å². The van der Waals surface area contributed by atoms with E-state index in [2.05, 4.69) is 39.6 Å². The Morgan fingerprint density at radius 1 is 1.00 bits per heavy atom. The van der Waals surface area contributed by atoms with Gasteiger partial charge in [0.15, 0.2) is 17.3 Å². The molecule has 14 nitrogen and oxygen atoms in total. The molecule has 332 valence electrons. The number of nitrogens with zero attached hydrogens (tertiary/aromatic N) is 5. The van der Waals surface area contributed by atoms with Crippen molar-refractivity contribution in [3.8, 4) is 5.75 Å². The van der Waals surface area contributed by atoms with Crippen LogP contribution in [0.5, 0.6) is 5.75 Å². The van der Waals surface area contributed by atoms with Crippen molar-refractivity contribution in [2.24, 2.45) is 0 Å². The van der Waals surface area contributed by atoms with E-state index in [1.54, 1.807) is 47.9 Å². The van der Waals surface area contributed by atoms with Gasteiger partial charge < -0.3 is 25.6 Å². The number of amides is 5. The number of nitrogen functional groups attached to an aromatic ring is 1. The van der Waals surface area contributed by atoms with E-state index in [4.69, 9.17) is 33.7 Å². The highest BCUT2D eigenvalue weighted by Crippen LogP contribution is 2.37. The van der Waals surface area contributed by atoms with Crippen LogP contribution in [0, 0.1) is 5.82 Å². The summed E-state index contributed by atoms with van der Waals surface area (Å²) < 4.78 is 20.0. The Bertz CT molecular complexity index is 2400. The fraction of sp³-hybridized carbons (Fsp3) is 0.400. The second-order valence-corrected chi connectivity index (χ2v) is 18.0. The number of carbonyl (C=O) groups excluding carboxylic acids is 5. The third-order valence-corrected chi connectivity index (χ3v) is 13.6. The van der Waals surface area contributed by atoms with Crippen molar-refractivity contribution < 1.29 is 33.1 Å². The Labute approximate surface area is 379 Å². The van der Waals surface area contributed by atoms with Gasteiger partial charge in [0.1, 0.15) is 18.0 Å². The lowest BCUT2D eigenvalue weighted by atomic mass is 10.0. The zero-order valence-electron chi connectivity index (χ0n) is 35.2. The molecule has 3 aromatic carbocycles. The lowest BCUT2D eigenvalue weighted by Gasteiger charge is -2.44. The predicted molar refractivity (Wildman–Crippen MR) is 240 cm³/mol. The minimum Gasteiger partial charge on any atom is -0.482 e. The van der Waals surface area contributed by atoms with Crippen molar-refractivity contribution in [3.63, 3.8) is 0 Å². The predicted octanol–water partition coefficient (Wildman–Crippen LogP) is 7.55. The Morgan fingerprint density at radius 2 is 1.73 bits per heavy atom. The molecular weight excluding hydrogens is 871 g/mol. The number of aromatic nitrogens is 2. The zero-order chi connectivity index (χ0) is 44.9. The number of anilines is 2. The number of halogens is 3. The van der Waals surface area contributed by atoms with E-state index in [-0.39, 0.29) is 69.1 Å². The molecule has 7 rings (SSSR count). The lowest BCUT2D eigenvalue weighted by Crippen LogP contribution is -2.58. The number of fused-ring (bicyclic) bond motifs is 1. The number of thioether (sulfide) groups is 1. The van der Waals surface area contributed by atoms with Crippen LogP contribution in [0.2, 0.25) is 10.0 Å². The Morgan fingerprint density at radius 3 is 2.46 bits per heavy atom. The standard InChI is InChI=1S/C45H49Cl2FN8O6S/c1-25-22-54(23-26(2)55(25)19-6-4-5-7-20-63-37-10-8-9-30-31(37)24-56(45(30)61)35-17-18-38(57)51-43(35)59)44(60)28-11-13-29(14-12-28)50-42(58)34-21-36(41(49)53-52-34)62-27(3)39-32(46)15-16-33(48)40(39)47/h8-16,21,25-27,35H,4-7,17-20,22-24H2,1-3H3,(H2,49,53)(H,50,58)(H,51,57,59)/t25-,26+,27?,35?. The van der Waals surface area contributed by atoms with Crippen LogP contribution in [0.3, 0.4) is 0 Å². The topological polar surface area (TPSA) is 180 Å². The number of benzene rings is 3. The summed E-state index contributed by atoms with van der Waals surface area (Å²) in [7, 11) is 0. The van der Waals surface area contributed by atoms with Crippen LogP contribution in [0.1, 0.15) is 108 Å². The fourth-order valence-electron chi connectivity index (χ4n) is 8.42. The Hall–Kier alpha value is -5.29. The van der Waals surface area contributed by atoms with Gasteiger partial charge in [0.05, 0.1) is 5.02 Å². The third kappa shape index (κ3) is 10.4. The first-order valence-corrected chi connectivity index (χ1v) is 22.7. The first-order chi connectivity index (χ1) is 30.2. The minimum atomic E-state index is -0.835. The molecule has 63 heavy (non-hydrogen) atoms. The van der Waals surface area contributed by atoms with Gasteiger partial charge in [-0.2, -0.15) is 0 Å². The number of nitrogens with two attached hydrogens (primary N) is 1. The number of carbonyl (C=O) groups is 5. The molecule has 0 radical (unpaired) electrons. The average molecular weight is 920 g/mol. The molecule has 0 saturated carbocycles. The molecule has 4 N–H and O–H groups in total. The summed E-state index contributed by atoms with van der Waals surface area (Å²) in [6.45, 7) is 8.42. The largest absolute Gasteiger partial charge is 0.482 e. The second-order valence-electron chi connectivity index (χ2n) is 16.1. The maximum absolute atomic E-state index is 14.1. The van der Waals surface area contributed by atoms with E-state index in [1.165, 1.54) is 12.1 Å². The molecule has 2 fully saturated rings. The van der Waals surface area contributed by atoms with Crippen LogP contribution in [0.4, 0.5) is 15.9 Å². The van der Waals surface area contributed by atoms with Gasteiger partial charge in [-0.15, -0.1) is 22.0 Å². The molecule has 2 saturated heterocycles. The van der Waals surface area contributed by atoms with E-state index >= 15 is 0 Å². The van der Waals surface area contributed by atoms with Gasteiger partial charge in [0.2, 0.25) is 11.8 Å². The molecule has 4 atom stereocenters. The maximum Gasteiger partial charge on any atom is 0.276 e. The number of hydrogen-bond acceptors (Lipinski definition) is 11. The maximum atomic E-state index is 14.1. The van der Waals surface area contributed by atoms with Gasteiger partial charge >= 0.3 is 0 Å². The number of imide groups is 1. The van der Waals surface area contributed by atoms with Crippen LogP contribution in [0.25, 0.3) is 0 Å². The number of nitrogens with one attached hydrogen (secondary N) is 2. The Balaban J connectivity index is 0.833. The second kappa shape index (κ2) is 20.0. The SMILES string of the molecule is CC(Oc1cc(C(=O)Nc2ccc(C(=O)N3C[C@@H](C)N(CCCCCCSc4cccc5c4CN(C4CCC(=O)NC4=O)C5=O)[C@@H](C)C3)cc2)nnc1N)c1c(Cl)ccc(F)c1Cl. The number of piperazine rings is 1. The van der Waals surface area contributed by atoms with Gasteiger partial charge in [0.25, 0.3) is 17.7 Å². The molecule has 2 unspecified atom stereocenters. The van der Waals surface area contributed by atoms with Gasteiger partial charge in [-0.05, 0) is 106 Å². The van der Waals surface area contributed by atoms with Crippen molar-refractivity contribution in [1.82, 2.24) is 30.2 Å². The lowest BCUT2D eigenvalue weighted by molar-refractivity contribution is -0.136. The molecule has 4 aromatic rings. The van der Waals surface area contributed by atoms with Crippen LogP contribution >= 0.6 is 35.0 Å². The molecule has 5 amide bonds. The highest BCUT2D eigenvalue weighted by atomic mass is 35.5. The molecule has 0 spiro atoms. The van der Waals surface area contributed by atoms with Crippen molar-refractivity contribution in [2.75, 3.05) is 36.4 Å². The zero-order valence-corrected chi connectivity index (χ0v) is 37.5. The van der Waals surface area contributed by atoms with Crippen LogP contribution in [0.15, 0.2) is 65.6 Å². The summed E-state index contributed by atoms with van der Waals surface area (Å²) in [5.41, 5.74) is 8.64. The van der Waals surface area contributed by atoms with E-state index in [9.17, 15) is 28.4 Å². The quantitative estimate of drug-likeness (QED) is 0.0464. The molecule has 3 aliphatic rings. The number of ether oxygens (including phenoxy) is 1.